The molecule has 0 radical (unpaired) electrons. The normalized spacial score (nSPS) is 11.6. The Balaban J connectivity index is 0.00000169. The molecule has 2 N–H and O–H groups in total. The number of aliphatic hydroxyl groups is 2. The maximum absolute atomic E-state index is 9.04. The highest BCUT2D eigenvalue weighted by Crippen LogP contribution is 2.15. The molecule has 0 aliphatic carbocycles. The standard InChI is InChI=1S/C10H14O3.ClH/c1-8-4-2-3-5-10(8)13-7-9(12)6-11;/h2-5,9,11-12H,6-7H2,1H3;1H. The molecule has 14 heavy (non-hydrogen) atoms. The van der Waals surface area contributed by atoms with E-state index in [0.717, 1.165) is 11.3 Å². The Morgan fingerprint density at radius 3 is 2.57 bits per heavy atom. The molecule has 0 aromatic heterocycles. The molecule has 0 saturated heterocycles. The predicted octanol–water partition coefficient (Wildman–Crippen LogP) is 1.15. The number of halogens is 1. The van der Waals surface area contributed by atoms with Crippen molar-refractivity contribution in [3.8, 4) is 5.75 Å². The van der Waals surface area contributed by atoms with Crippen LogP contribution in [0.4, 0.5) is 0 Å². The van der Waals surface area contributed by atoms with Gasteiger partial charge >= 0.3 is 0 Å². The van der Waals surface area contributed by atoms with Crippen LogP contribution in [0.15, 0.2) is 24.3 Å². The van der Waals surface area contributed by atoms with Gasteiger partial charge in [-0.2, -0.15) is 0 Å². The van der Waals surface area contributed by atoms with Crippen LogP contribution < -0.4 is 4.74 Å². The van der Waals surface area contributed by atoms with Crippen molar-refractivity contribution in [3.05, 3.63) is 29.8 Å². The molecule has 0 fully saturated rings. The lowest BCUT2D eigenvalue weighted by molar-refractivity contribution is 0.0534. The molecule has 0 spiro atoms. The Hall–Kier alpha value is -0.770. The summed E-state index contributed by atoms with van der Waals surface area (Å²) in [7, 11) is 0. The zero-order valence-corrected chi connectivity index (χ0v) is 8.83. The average Bonchev–Trinajstić information content (AvgIpc) is 2.16. The molecule has 0 saturated carbocycles. The van der Waals surface area contributed by atoms with E-state index < -0.39 is 6.10 Å². The second-order valence-corrected chi connectivity index (χ2v) is 2.91. The molecule has 0 aliphatic rings. The van der Waals surface area contributed by atoms with E-state index in [1.807, 2.05) is 31.2 Å². The second kappa shape index (κ2) is 6.65. The highest BCUT2D eigenvalue weighted by atomic mass is 35.5. The van der Waals surface area contributed by atoms with Crippen LogP contribution in [0.1, 0.15) is 5.56 Å². The highest BCUT2D eigenvalue weighted by molar-refractivity contribution is 5.85. The summed E-state index contributed by atoms with van der Waals surface area (Å²) < 4.78 is 5.28. The number of hydrogen-bond acceptors (Lipinski definition) is 3. The number of rotatable bonds is 4. The molecule has 1 aromatic rings. The number of benzene rings is 1. The fraction of sp³-hybridized carbons (Fsp3) is 0.400. The summed E-state index contributed by atoms with van der Waals surface area (Å²) in [5.74, 6) is 0.745. The first-order chi connectivity index (χ1) is 6.24. The SMILES string of the molecule is Cc1ccccc1OCC(O)CO.Cl. The third kappa shape index (κ3) is 3.96. The number of para-hydroxylation sites is 1. The molecule has 0 amide bonds. The van der Waals surface area contributed by atoms with Gasteiger partial charge in [0.2, 0.25) is 0 Å². The van der Waals surface area contributed by atoms with E-state index in [4.69, 9.17) is 14.9 Å². The van der Waals surface area contributed by atoms with Crippen LogP contribution in [-0.4, -0.2) is 29.5 Å². The van der Waals surface area contributed by atoms with Crippen LogP contribution in [0.3, 0.4) is 0 Å². The van der Waals surface area contributed by atoms with Crippen molar-refractivity contribution in [1.29, 1.82) is 0 Å². The van der Waals surface area contributed by atoms with Crippen molar-refractivity contribution in [2.75, 3.05) is 13.2 Å². The Morgan fingerprint density at radius 2 is 2.00 bits per heavy atom. The topological polar surface area (TPSA) is 49.7 Å². The summed E-state index contributed by atoms with van der Waals surface area (Å²) in [4.78, 5) is 0. The van der Waals surface area contributed by atoms with E-state index in [-0.39, 0.29) is 25.6 Å². The van der Waals surface area contributed by atoms with Gasteiger partial charge in [-0.05, 0) is 18.6 Å². The van der Waals surface area contributed by atoms with E-state index in [0.29, 0.717) is 0 Å². The Bertz CT molecular complexity index is 265. The highest BCUT2D eigenvalue weighted by Gasteiger charge is 2.03. The fourth-order valence-electron chi connectivity index (χ4n) is 0.957. The lowest BCUT2D eigenvalue weighted by Crippen LogP contribution is -2.21. The maximum Gasteiger partial charge on any atom is 0.122 e. The molecule has 4 heteroatoms. The molecular formula is C10H15ClO3. The zero-order chi connectivity index (χ0) is 9.68. The van der Waals surface area contributed by atoms with Gasteiger partial charge in [0, 0.05) is 0 Å². The third-order valence-corrected chi connectivity index (χ3v) is 1.74. The van der Waals surface area contributed by atoms with E-state index in [1.54, 1.807) is 0 Å². The molecule has 0 bridgehead atoms. The summed E-state index contributed by atoms with van der Waals surface area (Å²) in [6.07, 6.45) is -0.806. The minimum atomic E-state index is -0.806. The first-order valence-corrected chi connectivity index (χ1v) is 4.21. The lowest BCUT2D eigenvalue weighted by Gasteiger charge is -2.11. The van der Waals surface area contributed by atoms with Gasteiger partial charge < -0.3 is 14.9 Å². The van der Waals surface area contributed by atoms with Gasteiger partial charge in [-0.25, -0.2) is 0 Å². The number of aryl methyl sites for hydroxylation is 1. The summed E-state index contributed by atoms with van der Waals surface area (Å²) in [6, 6.07) is 7.55. The molecule has 1 rings (SSSR count). The van der Waals surface area contributed by atoms with Gasteiger partial charge in [0.1, 0.15) is 18.5 Å². The van der Waals surface area contributed by atoms with Gasteiger partial charge in [-0.3, -0.25) is 0 Å². The van der Waals surface area contributed by atoms with Gasteiger partial charge in [0.15, 0.2) is 0 Å². The smallest absolute Gasteiger partial charge is 0.122 e. The minimum Gasteiger partial charge on any atom is -0.491 e. The minimum absolute atomic E-state index is 0. The summed E-state index contributed by atoms with van der Waals surface area (Å²) in [5, 5.41) is 17.6. The zero-order valence-electron chi connectivity index (χ0n) is 8.01. The summed E-state index contributed by atoms with van der Waals surface area (Å²) >= 11 is 0. The first kappa shape index (κ1) is 13.2. The average molecular weight is 219 g/mol. The third-order valence-electron chi connectivity index (χ3n) is 1.74. The molecule has 80 valence electrons. The van der Waals surface area contributed by atoms with Gasteiger partial charge in [-0.15, -0.1) is 12.4 Å². The van der Waals surface area contributed by atoms with Crippen LogP contribution in [0.2, 0.25) is 0 Å². The lowest BCUT2D eigenvalue weighted by atomic mass is 10.2. The summed E-state index contributed by atoms with van der Waals surface area (Å²) in [5.41, 5.74) is 1.02. The van der Waals surface area contributed by atoms with Crippen molar-refractivity contribution < 1.29 is 14.9 Å². The summed E-state index contributed by atoms with van der Waals surface area (Å²) in [6.45, 7) is 1.79. The van der Waals surface area contributed by atoms with Gasteiger partial charge in [0.25, 0.3) is 0 Å². The van der Waals surface area contributed by atoms with Crippen molar-refractivity contribution in [3.63, 3.8) is 0 Å². The van der Waals surface area contributed by atoms with Crippen molar-refractivity contribution in [2.24, 2.45) is 0 Å². The van der Waals surface area contributed by atoms with E-state index >= 15 is 0 Å². The van der Waals surface area contributed by atoms with Crippen LogP contribution in [0, 0.1) is 6.92 Å². The second-order valence-electron chi connectivity index (χ2n) is 2.91. The van der Waals surface area contributed by atoms with Crippen molar-refractivity contribution in [2.45, 2.75) is 13.0 Å². The van der Waals surface area contributed by atoms with Crippen molar-refractivity contribution in [1.82, 2.24) is 0 Å². The quantitative estimate of drug-likeness (QED) is 0.797. The van der Waals surface area contributed by atoms with E-state index in [1.165, 1.54) is 0 Å². The molecule has 0 heterocycles. The molecule has 1 aromatic carbocycles. The molecular weight excluding hydrogens is 204 g/mol. The van der Waals surface area contributed by atoms with Crippen LogP contribution in [0.5, 0.6) is 5.75 Å². The fourth-order valence-corrected chi connectivity index (χ4v) is 0.957. The maximum atomic E-state index is 9.04. The van der Waals surface area contributed by atoms with Crippen LogP contribution in [-0.2, 0) is 0 Å². The number of ether oxygens (including phenoxy) is 1. The Kier molecular flexibility index (Phi) is 6.28. The van der Waals surface area contributed by atoms with E-state index in [2.05, 4.69) is 0 Å². The monoisotopic (exact) mass is 218 g/mol. The van der Waals surface area contributed by atoms with E-state index in [9.17, 15) is 0 Å². The Labute approximate surface area is 89.7 Å². The molecule has 1 unspecified atom stereocenters. The largest absolute Gasteiger partial charge is 0.491 e. The molecule has 3 nitrogen and oxygen atoms in total. The predicted molar refractivity (Wildman–Crippen MR) is 57.0 cm³/mol. The van der Waals surface area contributed by atoms with Crippen molar-refractivity contribution >= 4 is 12.4 Å². The first-order valence-electron chi connectivity index (χ1n) is 4.21. The van der Waals surface area contributed by atoms with Gasteiger partial charge in [-0.1, -0.05) is 18.2 Å². The van der Waals surface area contributed by atoms with Crippen LogP contribution >= 0.6 is 12.4 Å². The van der Waals surface area contributed by atoms with Gasteiger partial charge in [0.05, 0.1) is 6.61 Å². The van der Waals surface area contributed by atoms with Crippen LogP contribution in [0.25, 0.3) is 0 Å². The molecule has 0 aliphatic heterocycles. The Morgan fingerprint density at radius 1 is 1.36 bits per heavy atom. The molecule has 1 atom stereocenters. The number of aliphatic hydroxyl groups excluding tert-OH is 2. The number of hydrogen-bond donors (Lipinski definition) is 2.